The molecule has 3 heteroatoms. The highest BCUT2D eigenvalue weighted by Gasteiger charge is 2.03. The summed E-state index contributed by atoms with van der Waals surface area (Å²) >= 11 is 1.71. The van der Waals surface area contributed by atoms with Gasteiger partial charge in [-0.15, -0.1) is 11.8 Å². The van der Waals surface area contributed by atoms with E-state index in [1.165, 1.54) is 5.56 Å². The van der Waals surface area contributed by atoms with Crippen LogP contribution in [0.1, 0.15) is 18.2 Å². The average Bonchev–Trinajstić information content (AvgIpc) is 2.12. The minimum absolute atomic E-state index is 0.248. The van der Waals surface area contributed by atoms with E-state index in [2.05, 4.69) is 24.0 Å². The molecular formula is C11H17NOS. The predicted octanol–water partition coefficient (Wildman–Crippen LogP) is 2.42. The van der Waals surface area contributed by atoms with Crippen molar-refractivity contribution in [3.05, 3.63) is 23.4 Å². The van der Waals surface area contributed by atoms with Crippen molar-refractivity contribution < 1.29 is 5.11 Å². The normalized spacial score (nSPS) is 12.9. The Morgan fingerprint density at radius 3 is 2.71 bits per heavy atom. The molecule has 1 aromatic heterocycles. The Morgan fingerprint density at radius 2 is 2.14 bits per heavy atom. The Kier molecular flexibility index (Phi) is 4.42. The zero-order chi connectivity index (χ0) is 10.6. The summed E-state index contributed by atoms with van der Waals surface area (Å²) in [6, 6.07) is 4.15. The summed E-state index contributed by atoms with van der Waals surface area (Å²) in [6.07, 6.45) is 0. The Morgan fingerprint density at radius 1 is 1.43 bits per heavy atom. The molecule has 1 unspecified atom stereocenters. The molecule has 1 rings (SSSR count). The molecule has 0 saturated heterocycles. The molecule has 0 aromatic carbocycles. The van der Waals surface area contributed by atoms with Crippen LogP contribution in [0.15, 0.2) is 17.2 Å². The van der Waals surface area contributed by atoms with Gasteiger partial charge >= 0.3 is 0 Å². The van der Waals surface area contributed by atoms with E-state index in [0.29, 0.717) is 5.92 Å². The SMILES string of the molecule is Cc1cc(C)nc(SCC(C)CO)c1. The second kappa shape index (κ2) is 5.37. The molecule has 0 radical (unpaired) electrons. The maximum Gasteiger partial charge on any atom is 0.0965 e. The number of aromatic nitrogens is 1. The zero-order valence-corrected chi connectivity index (χ0v) is 9.77. The first-order chi connectivity index (χ1) is 6.61. The van der Waals surface area contributed by atoms with Gasteiger partial charge in [-0.05, 0) is 37.5 Å². The Labute approximate surface area is 89.8 Å². The molecule has 1 N–H and O–H groups in total. The third kappa shape index (κ3) is 3.68. The Bertz CT molecular complexity index is 281. The van der Waals surface area contributed by atoms with Gasteiger partial charge in [0.15, 0.2) is 0 Å². The van der Waals surface area contributed by atoms with E-state index in [1.807, 2.05) is 13.8 Å². The van der Waals surface area contributed by atoms with Crippen LogP contribution < -0.4 is 0 Å². The molecule has 0 fully saturated rings. The number of thioether (sulfide) groups is 1. The van der Waals surface area contributed by atoms with E-state index in [9.17, 15) is 0 Å². The highest BCUT2D eigenvalue weighted by molar-refractivity contribution is 7.99. The quantitative estimate of drug-likeness (QED) is 0.776. The van der Waals surface area contributed by atoms with Gasteiger partial charge in [-0.1, -0.05) is 6.92 Å². The van der Waals surface area contributed by atoms with Crippen LogP contribution in [0.5, 0.6) is 0 Å². The van der Waals surface area contributed by atoms with E-state index in [-0.39, 0.29) is 6.61 Å². The van der Waals surface area contributed by atoms with Crippen molar-refractivity contribution >= 4 is 11.8 Å². The highest BCUT2D eigenvalue weighted by atomic mass is 32.2. The second-order valence-electron chi connectivity index (χ2n) is 3.72. The summed E-state index contributed by atoms with van der Waals surface area (Å²) in [5.74, 6) is 1.26. The lowest BCUT2D eigenvalue weighted by Crippen LogP contribution is -2.03. The van der Waals surface area contributed by atoms with Gasteiger partial charge < -0.3 is 5.11 Å². The number of aliphatic hydroxyl groups excluding tert-OH is 1. The van der Waals surface area contributed by atoms with Gasteiger partial charge in [-0.3, -0.25) is 0 Å². The molecule has 1 atom stereocenters. The highest BCUT2D eigenvalue weighted by Crippen LogP contribution is 2.19. The number of nitrogens with zero attached hydrogens (tertiary/aromatic N) is 1. The van der Waals surface area contributed by atoms with Crippen LogP contribution in [-0.2, 0) is 0 Å². The van der Waals surface area contributed by atoms with E-state index in [0.717, 1.165) is 16.5 Å². The third-order valence-electron chi connectivity index (χ3n) is 1.90. The van der Waals surface area contributed by atoms with Crippen molar-refractivity contribution in [3.8, 4) is 0 Å². The van der Waals surface area contributed by atoms with E-state index in [4.69, 9.17) is 5.11 Å². The number of aryl methyl sites for hydroxylation is 2. The van der Waals surface area contributed by atoms with Crippen LogP contribution in [-0.4, -0.2) is 22.5 Å². The van der Waals surface area contributed by atoms with E-state index in [1.54, 1.807) is 11.8 Å². The lowest BCUT2D eigenvalue weighted by molar-refractivity contribution is 0.250. The zero-order valence-electron chi connectivity index (χ0n) is 8.95. The standard InChI is InChI=1S/C11H17NOS/c1-8-4-10(3)12-11(5-8)14-7-9(2)6-13/h4-5,9,13H,6-7H2,1-3H3. The molecular weight excluding hydrogens is 194 g/mol. The van der Waals surface area contributed by atoms with Crippen LogP contribution >= 0.6 is 11.8 Å². The van der Waals surface area contributed by atoms with Crippen molar-refractivity contribution in [2.45, 2.75) is 25.8 Å². The summed E-state index contributed by atoms with van der Waals surface area (Å²) < 4.78 is 0. The van der Waals surface area contributed by atoms with Crippen LogP contribution in [0.3, 0.4) is 0 Å². The first kappa shape index (κ1) is 11.5. The van der Waals surface area contributed by atoms with Gasteiger partial charge in [0.05, 0.1) is 5.03 Å². The van der Waals surface area contributed by atoms with Crippen molar-refractivity contribution in [2.24, 2.45) is 5.92 Å². The maximum absolute atomic E-state index is 8.89. The minimum atomic E-state index is 0.248. The smallest absolute Gasteiger partial charge is 0.0965 e. The van der Waals surface area contributed by atoms with Crippen molar-refractivity contribution in [2.75, 3.05) is 12.4 Å². The molecule has 78 valence electrons. The molecule has 14 heavy (non-hydrogen) atoms. The number of pyridine rings is 1. The largest absolute Gasteiger partial charge is 0.396 e. The first-order valence-electron chi connectivity index (χ1n) is 4.80. The number of aliphatic hydroxyl groups is 1. The summed E-state index contributed by atoms with van der Waals surface area (Å²) in [5.41, 5.74) is 2.31. The van der Waals surface area contributed by atoms with Crippen molar-refractivity contribution in [3.63, 3.8) is 0 Å². The van der Waals surface area contributed by atoms with Crippen LogP contribution in [0.25, 0.3) is 0 Å². The molecule has 0 bridgehead atoms. The van der Waals surface area contributed by atoms with Gasteiger partial charge in [0.25, 0.3) is 0 Å². The van der Waals surface area contributed by atoms with Crippen LogP contribution in [0.4, 0.5) is 0 Å². The van der Waals surface area contributed by atoms with Gasteiger partial charge in [-0.25, -0.2) is 4.98 Å². The lowest BCUT2D eigenvalue weighted by Gasteiger charge is -2.07. The second-order valence-corrected chi connectivity index (χ2v) is 4.76. The van der Waals surface area contributed by atoms with E-state index >= 15 is 0 Å². The topological polar surface area (TPSA) is 33.1 Å². The fourth-order valence-corrected chi connectivity index (χ4v) is 2.20. The minimum Gasteiger partial charge on any atom is -0.396 e. The molecule has 0 amide bonds. The van der Waals surface area contributed by atoms with Crippen molar-refractivity contribution in [1.82, 2.24) is 4.98 Å². The van der Waals surface area contributed by atoms with Crippen molar-refractivity contribution in [1.29, 1.82) is 0 Å². The summed E-state index contributed by atoms with van der Waals surface area (Å²) in [7, 11) is 0. The molecule has 0 saturated carbocycles. The van der Waals surface area contributed by atoms with E-state index < -0.39 is 0 Å². The number of rotatable bonds is 4. The molecule has 0 aliphatic rings. The monoisotopic (exact) mass is 211 g/mol. The summed E-state index contributed by atoms with van der Waals surface area (Å²) in [6.45, 7) is 6.37. The maximum atomic E-state index is 8.89. The molecule has 2 nitrogen and oxygen atoms in total. The fourth-order valence-electron chi connectivity index (χ4n) is 1.16. The van der Waals surface area contributed by atoms with Gasteiger partial charge in [0, 0.05) is 18.1 Å². The van der Waals surface area contributed by atoms with Gasteiger partial charge in [0.2, 0.25) is 0 Å². The number of hydrogen-bond donors (Lipinski definition) is 1. The van der Waals surface area contributed by atoms with Crippen LogP contribution in [0.2, 0.25) is 0 Å². The summed E-state index contributed by atoms with van der Waals surface area (Å²) in [5, 5.41) is 9.95. The number of hydrogen-bond acceptors (Lipinski definition) is 3. The first-order valence-corrected chi connectivity index (χ1v) is 5.79. The molecule has 1 heterocycles. The Hall–Kier alpha value is -0.540. The van der Waals surface area contributed by atoms with Crippen LogP contribution in [0, 0.1) is 19.8 Å². The molecule has 0 aliphatic heterocycles. The molecule has 0 aliphatic carbocycles. The molecule has 0 spiro atoms. The van der Waals surface area contributed by atoms with Gasteiger partial charge in [-0.2, -0.15) is 0 Å². The average molecular weight is 211 g/mol. The Balaban J connectivity index is 2.58. The lowest BCUT2D eigenvalue weighted by atomic mass is 10.2. The third-order valence-corrected chi connectivity index (χ3v) is 3.14. The summed E-state index contributed by atoms with van der Waals surface area (Å²) in [4.78, 5) is 4.42. The van der Waals surface area contributed by atoms with Gasteiger partial charge in [0.1, 0.15) is 0 Å². The predicted molar refractivity (Wildman–Crippen MR) is 60.7 cm³/mol. The fraction of sp³-hybridized carbons (Fsp3) is 0.545. The molecule has 1 aromatic rings.